The van der Waals surface area contributed by atoms with Crippen LogP contribution in [-0.2, 0) is 10.2 Å². The maximum Gasteiger partial charge on any atom is 0.164 e. The minimum Gasteiger partial charge on any atom is -0.294 e. The zero-order chi connectivity index (χ0) is 18.0. The van der Waals surface area contributed by atoms with Gasteiger partial charge in [0.2, 0.25) is 0 Å². The molecule has 3 aliphatic rings. The lowest BCUT2D eigenvalue weighted by Gasteiger charge is -2.50. The lowest BCUT2D eigenvalue weighted by molar-refractivity contribution is -0.119. The Bertz CT molecular complexity index is 857. The molecule has 1 unspecified atom stereocenters. The van der Waals surface area contributed by atoms with Crippen LogP contribution in [0.15, 0.2) is 64.3 Å². The molecule has 3 aliphatic carbocycles. The maximum atomic E-state index is 13.5. The van der Waals surface area contributed by atoms with Gasteiger partial charge in [-0.05, 0) is 52.5 Å². The maximum absolute atomic E-state index is 13.5. The van der Waals surface area contributed by atoms with Crippen LogP contribution in [0.4, 0.5) is 0 Å². The number of carbonyl (C=O) groups is 1. The van der Waals surface area contributed by atoms with Crippen molar-refractivity contribution in [2.24, 2.45) is 5.92 Å². The second-order valence-corrected chi connectivity index (χ2v) is 9.35. The minimum atomic E-state index is -0.193. The molecule has 0 heterocycles. The zero-order valence-electron chi connectivity index (χ0n) is 15.6. The molecule has 2 heteroatoms. The highest BCUT2D eigenvalue weighted by Crippen LogP contribution is 2.66. The molecular weight excluding hydrogens is 323 g/mol. The third kappa shape index (κ3) is 2.08. The molecule has 1 aromatic rings. The van der Waals surface area contributed by atoms with E-state index in [1.807, 2.05) is 0 Å². The van der Waals surface area contributed by atoms with Gasteiger partial charge in [0.15, 0.2) is 5.78 Å². The molecular formula is C23H27OP. The molecule has 1 saturated carbocycles. The van der Waals surface area contributed by atoms with Gasteiger partial charge in [0.25, 0.3) is 0 Å². The van der Waals surface area contributed by atoms with E-state index >= 15 is 0 Å². The average molecular weight is 350 g/mol. The van der Waals surface area contributed by atoms with Gasteiger partial charge in [0.1, 0.15) is 0 Å². The highest BCUT2D eigenvalue weighted by molar-refractivity contribution is 7.20. The summed E-state index contributed by atoms with van der Waals surface area (Å²) in [5.41, 5.74) is 7.76. The van der Waals surface area contributed by atoms with Crippen molar-refractivity contribution in [2.45, 2.75) is 57.5 Å². The van der Waals surface area contributed by atoms with E-state index in [0.29, 0.717) is 5.78 Å². The van der Waals surface area contributed by atoms with E-state index in [1.54, 1.807) is 0 Å². The predicted molar refractivity (Wildman–Crippen MR) is 108 cm³/mol. The van der Waals surface area contributed by atoms with Crippen molar-refractivity contribution >= 4 is 15.0 Å². The smallest absolute Gasteiger partial charge is 0.164 e. The average Bonchev–Trinajstić information content (AvgIpc) is 2.76. The second kappa shape index (κ2) is 5.52. The van der Waals surface area contributed by atoms with Gasteiger partial charge >= 0.3 is 0 Å². The van der Waals surface area contributed by atoms with E-state index in [0.717, 1.165) is 24.8 Å². The van der Waals surface area contributed by atoms with E-state index in [-0.39, 0.29) is 16.5 Å². The summed E-state index contributed by atoms with van der Waals surface area (Å²) in [7, 11) is 3.16. The fourth-order valence-corrected chi connectivity index (χ4v) is 6.43. The topological polar surface area (TPSA) is 17.1 Å². The molecule has 130 valence electrons. The molecule has 0 aromatic heterocycles. The summed E-state index contributed by atoms with van der Waals surface area (Å²) in [5.74, 6) is 0.429. The normalized spacial score (nSPS) is 34.8. The fraction of sp³-hybridized carbons (Fsp3) is 0.435. The highest BCUT2D eigenvalue weighted by Gasteiger charge is 2.66. The SMILES string of the molecule is CC1=C(C)C[C@@]2(P)C(=C1)C(=O)[C@H]1CC(C)=C(C)C[C@@]12c1ccccc1. The third-order valence-corrected chi connectivity index (χ3v) is 8.13. The third-order valence-electron chi connectivity index (χ3n) is 7.10. The first-order valence-corrected chi connectivity index (χ1v) is 9.81. The largest absolute Gasteiger partial charge is 0.294 e. The van der Waals surface area contributed by atoms with Crippen LogP contribution in [-0.4, -0.2) is 10.9 Å². The van der Waals surface area contributed by atoms with Gasteiger partial charge in [-0.1, -0.05) is 58.7 Å². The number of hydrogen-bond acceptors (Lipinski definition) is 1. The highest BCUT2D eigenvalue weighted by atomic mass is 31.0. The molecule has 1 aromatic carbocycles. The summed E-state index contributed by atoms with van der Waals surface area (Å²) in [5, 5.41) is -0.193. The van der Waals surface area contributed by atoms with E-state index in [9.17, 15) is 4.79 Å². The van der Waals surface area contributed by atoms with Crippen LogP contribution < -0.4 is 0 Å². The van der Waals surface area contributed by atoms with Crippen LogP contribution in [0, 0.1) is 5.92 Å². The molecule has 0 amide bonds. The zero-order valence-corrected chi connectivity index (χ0v) is 16.8. The number of benzene rings is 1. The number of fused-ring (bicyclic) bond motifs is 3. The van der Waals surface area contributed by atoms with Gasteiger partial charge in [-0.15, -0.1) is 9.24 Å². The Morgan fingerprint density at radius 3 is 2.32 bits per heavy atom. The van der Waals surface area contributed by atoms with Crippen LogP contribution in [0.3, 0.4) is 0 Å². The van der Waals surface area contributed by atoms with Gasteiger partial charge in [-0.3, -0.25) is 4.79 Å². The number of Topliss-reactive ketones (excluding diaryl/α,β-unsaturated/α-hetero) is 1. The minimum absolute atomic E-state index is 0.0565. The molecule has 25 heavy (non-hydrogen) atoms. The Balaban J connectivity index is 2.02. The van der Waals surface area contributed by atoms with Crippen molar-refractivity contribution in [3.63, 3.8) is 0 Å². The molecule has 1 fully saturated rings. The lowest BCUT2D eigenvalue weighted by atomic mass is 9.57. The molecule has 0 aliphatic heterocycles. The summed E-state index contributed by atoms with van der Waals surface area (Å²) in [6.07, 6.45) is 5.01. The van der Waals surface area contributed by atoms with Crippen molar-refractivity contribution in [1.82, 2.24) is 0 Å². The van der Waals surface area contributed by atoms with Crippen molar-refractivity contribution in [3.8, 4) is 0 Å². The van der Waals surface area contributed by atoms with Gasteiger partial charge in [0, 0.05) is 22.1 Å². The van der Waals surface area contributed by atoms with Crippen molar-refractivity contribution in [2.75, 3.05) is 0 Å². The Morgan fingerprint density at radius 2 is 1.64 bits per heavy atom. The Kier molecular flexibility index (Phi) is 3.75. The summed E-state index contributed by atoms with van der Waals surface area (Å²) in [4.78, 5) is 13.5. The number of hydrogen-bond donors (Lipinski definition) is 0. The molecule has 1 nitrogen and oxygen atoms in total. The monoisotopic (exact) mass is 350 g/mol. The van der Waals surface area contributed by atoms with E-state index in [1.165, 1.54) is 27.9 Å². The summed E-state index contributed by atoms with van der Waals surface area (Å²) >= 11 is 0. The van der Waals surface area contributed by atoms with Crippen molar-refractivity contribution in [1.29, 1.82) is 0 Å². The van der Waals surface area contributed by atoms with Crippen LogP contribution in [0.5, 0.6) is 0 Å². The first-order chi connectivity index (χ1) is 11.8. The van der Waals surface area contributed by atoms with Crippen molar-refractivity contribution in [3.05, 3.63) is 69.8 Å². The summed E-state index contributed by atoms with van der Waals surface area (Å²) in [6.45, 7) is 8.83. The van der Waals surface area contributed by atoms with Gasteiger partial charge < -0.3 is 0 Å². The molecule has 0 N–H and O–H groups in total. The van der Waals surface area contributed by atoms with Crippen molar-refractivity contribution < 1.29 is 4.79 Å². The quantitative estimate of drug-likeness (QED) is 0.480. The molecule has 0 saturated heterocycles. The fourth-order valence-electron chi connectivity index (χ4n) is 5.43. The van der Waals surface area contributed by atoms with Crippen LogP contribution in [0.1, 0.15) is 52.5 Å². The Labute approximate surface area is 153 Å². The van der Waals surface area contributed by atoms with E-state index < -0.39 is 0 Å². The number of allylic oxidation sites excluding steroid dienone is 6. The Morgan fingerprint density at radius 1 is 0.960 bits per heavy atom. The van der Waals surface area contributed by atoms with E-state index in [4.69, 9.17) is 0 Å². The molecule has 4 rings (SSSR count). The molecule has 0 radical (unpaired) electrons. The molecule has 4 atom stereocenters. The number of ketones is 1. The van der Waals surface area contributed by atoms with Crippen LogP contribution in [0.25, 0.3) is 0 Å². The van der Waals surface area contributed by atoms with Gasteiger partial charge in [-0.2, -0.15) is 0 Å². The first kappa shape index (κ1) is 17.0. The molecule has 0 bridgehead atoms. The summed E-state index contributed by atoms with van der Waals surface area (Å²) in [6, 6.07) is 10.8. The standard InChI is InChI=1S/C23H27OP/c1-14-10-19-21(24)20-11-15(2)17(4)13-23(20,25)22(19,12-16(14)3)18-8-6-5-7-9-18/h5-9,11,19H,10,12-13,25H2,1-4H3/t19-,22-,23-/m1/s1. The van der Waals surface area contributed by atoms with Crippen LogP contribution in [0.2, 0.25) is 0 Å². The summed E-state index contributed by atoms with van der Waals surface area (Å²) < 4.78 is 0. The first-order valence-electron chi connectivity index (χ1n) is 9.23. The van der Waals surface area contributed by atoms with E-state index in [2.05, 4.69) is 73.3 Å². The number of rotatable bonds is 1. The second-order valence-electron chi connectivity index (χ2n) is 8.37. The van der Waals surface area contributed by atoms with Crippen LogP contribution >= 0.6 is 9.24 Å². The molecule has 0 spiro atoms. The number of carbonyl (C=O) groups excluding carboxylic acids is 1. The van der Waals surface area contributed by atoms with Gasteiger partial charge in [0.05, 0.1) is 0 Å². The van der Waals surface area contributed by atoms with Gasteiger partial charge in [-0.25, -0.2) is 0 Å². The lowest BCUT2D eigenvalue weighted by Crippen LogP contribution is -2.50. The Hall–Kier alpha value is -1.46. The predicted octanol–water partition coefficient (Wildman–Crippen LogP) is 5.53.